The molecular weight excluding hydrogens is 310 g/mol. The molecule has 0 bridgehead atoms. The van der Waals surface area contributed by atoms with E-state index in [-0.39, 0.29) is 24.5 Å². The van der Waals surface area contributed by atoms with Crippen molar-refractivity contribution in [3.8, 4) is 0 Å². The number of nitrogens with zero attached hydrogens (tertiary/aromatic N) is 1. The summed E-state index contributed by atoms with van der Waals surface area (Å²) in [5, 5.41) is 0. The summed E-state index contributed by atoms with van der Waals surface area (Å²) in [6.07, 6.45) is 2.28. The van der Waals surface area contributed by atoms with Crippen molar-refractivity contribution in [3.63, 3.8) is 0 Å². The Bertz CT molecular complexity index is 705. The van der Waals surface area contributed by atoms with E-state index in [4.69, 9.17) is 9.47 Å². The normalized spacial score (nSPS) is 23.1. The predicted octanol–water partition coefficient (Wildman–Crippen LogP) is 2.09. The third kappa shape index (κ3) is 2.97. The van der Waals surface area contributed by atoms with Gasteiger partial charge >= 0.3 is 5.97 Å². The lowest BCUT2D eigenvalue weighted by Gasteiger charge is -2.35. The topological polar surface area (TPSA) is 72.9 Å². The molecule has 1 fully saturated rings. The molecule has 0 spiro atoms. The largest absolute Gasteiger partial charge is 0.459 e. The maximum atomic E-state index is 12.1. The molecule has 126 valence electrons. The molecule has 1 saturated heterocycles. The summed E-state index contributed by atoms with van der Waals surface area (Å²) in [7, 11) is 0. The first-order valence-corrected chi connectivity index (χ1v) is 7.96. The molecule has 2 unspecified atom stereocenters. The number of benzene rings is 1. The van der Waals surface area contributed by atoms with Gasteiger partial charge in [0.25, 0.3) is 11.8 Å². The smallest absolute Gasteiger partial charge is 0.338 e. The average molecular weight is 329 g/mol. The van der Waals surface area contributed by atoms with Crippen LogP contribution in [0.4, 0.5) is 5.69 Å². The zero-order valence-corrected chi connectivity index (χ0v) is 13.7. The number of carbonyl (C=O) groups is 3. The summed E-state index contributed by atoms with van der Waals surface area (Å²) < 4.78 is 10.6. The quantitative estimate of drug-likeness (QED) is 0.611. The predicted molar refractivity (Wildman–Crippen MR) is 86.5 cm³/mol. The van der Waals surface area contributed by atoms with Crippen LogP contribution in [0.3, 0.4) is 0 Å². The molecule has 0 aromatic heterocycles. The Morgan fingerprint density at radius 1 is 1.29 bits per heavy atom. The van der Waals surface area contributed by atoms with E-state index < -0.39 is 5.97 Å². The number of anilines is 1. The fraction of sp³-hybridized carbons (Fsp3) is 0.389. The lowest BCUT2D eigenvalue weighted by Crippen LogP contribution is -2.43. The van der Waals surface area contributed by atoms with Gasteiger partial charge in [-0.1, -0.05) is 6.92 Å². The molecule has 1 aromatic carbocycles. The first kappa shape index (κ1) is 16.4. The lowest BCUT2D eigenvalue weighted by atomic mass is 9.96. The monoisotopic (exact) mass is 329 g/mol. The Morgan fingerprint density at radius 2 is 2.00 bits per heavy atom. The Kier molecular flexibility index (Phi) is 4.49. The van der Waals surface area contributed by atoms with E-state index in [1.54, 1.807) is 31.2 Å². The molecule has 0 aliphatic carbocycles. The van der Waals surface area contributed by atoms with Gasteiger partial charge in [-0.25, -0.2) is 9.69 Å². The van der Waals surface area contributed by atoms with E-state index >= 15 is 0 Å². The minimum Gasteiger partial charge on any atom is -0.459 e. The SMILES string of the molecule is CCC1COC1COC(=O)c1ccc(N2C(=O)C=C(C)C2=O)cc1. The maximum Gasteiger partial charge on any atom is 0.338 e. The van der Waals surface area contributed by atoms with Gasteiger partial charge in [0.2, 0.25) is 0 Å². The molecular formula is C18H19NO5. The zero-order valence-electron chi connectivity index (χ0n) is 13.7. The van der Waals surface area contributed by atoms with Crippen LogP contribution in [-0.2, 0) is 19.1 Å². The van der Waals surface area contributed by atoms with Crippen molar-refractivity contribution in [3.05, 3.63) is 41.5 Å². The second-order valence-electron chi connectivity index (χ2n) is 5.99. The fourth-order valence-corrected chi connectivity index (χ4v) is 2.75. The molecule has 24 heavy (non-hydrogen) atoms. The van der Waals surface area contributed by atoms with Crippen molar-refractivity contribution in [2.24, 2.45) is 5.92 Å². The van der Waals surface area contributed by atoms with E-state index in [1.807, 2.05) is 0 Å². The highest BCUT2D eigenvalue weighted by atomic mass is 16.6. The summed E-state index contributed by atoms with van der Waals surface area (Å²) >= 11 is 0. The van der Waals surface area contributed by atoms with Crippen molar-refractivity contribution in [1.29, 1.82) is 0 Å². The molecule has 3 rings (SSSR count). The average Bonchev–Trinajstić information content (AvgIpc) is 2.79. The van der Waals surface area contributed by atoms with E-state index in [0.717, 1.165) is 17.9 Å². The Morgan fingerprint density at radius 3 is 2.50 bits per heavy atom. The molecule has 2 atom stereocenters. The number of carbonyl (C=O) groups excluding carboxylic acids is 3. The highest BCUT2D eigenvalue weighted by molar-refractivity contribution is 6.30. The van der Waals surface area contributed by atoms with Gasteiger partial charge in [0.15, 0.2) is 0 Å². The Balaban J connectivity index is 1.61. The van der Waals surface area contributed by atoms with Crippen molar-refractivity contribution < 1.29 is 23.9 Å². The van der Waals surface area contributed by atoms with Crippen LogP contribution in [0.25, 0.3) is 0 Å². The maximum absolute atomic E-state index is 12.1. The van der Waals surface area contributed by atoms with Crippen LogP contribution in [0, 0.1) is 5.92 Å². The molecule has 1 aromatic rings. The van der Waals surface area contributed by atoms with Crippen molar-refractivity contribution in [2.75, 3.05) is 18.1 Å². The van der Waals surface area contributed by atoms with E-state index in [2.05, 4.69) is 6.92 Å². The first-order valence-electron chi connectivity index (χ1n) is 7.96. The van der Waals surface area contributed by atoms with Gasteiger partial charge in [-0.05, 0) is 37.6 Å². The van der Waals surface area contributed by atoms with Crippen LogP contribution in [0.2, 0.25) is 0 Å². The van der Waals surface area contributed by atoms with Crippen molar-refractivity contribution >= 4 is 23.5 Å². The van der Waals surface area contributed by atoms with Crippen LogP contribution < -0.4 is 4.90 Å². The second kappa shape index (κ2) is 6.57. The molecule has 2 heterocycles. The minimum atomic E-state index is -0.444. The van der Waals surface area contributed by atoms with Crippen LogP contribution in [0.5, 0.6) is 0 Å². The van der Waals surface area contributed by atoms with E-state index in [1.165, 1.54) is 6.08 Å². The van der Waals surface area contributed by atoms with Crippen molar-refractivity contribution in [1.82, 2.24) is 0 Å². The fourth-order valence-electron chi connectivity index (χ4n) is 2.75. The minimum absolute atomic E-state index is 0.0212. The summed E-state index contributed by atoms with van der Waals surface area (Å²) in [5.41, 5.74) is 1.20. The van der Waals surface area contributed by atoms with Crippen molar-refractivity contribution in [2.45, 2.75) is 26.4 Å². The molecule has 0 radical (unpaired) electrons. The first-order chi connectivity index (χ1) is 11.5. The van der Waals surface area contributed by atoms with E-state index in [0.29, 0.717) is 22.7 Å². The Labute approximate surface area is 140 Å². The molecule has 6 heteroatoms. The molecule has 2 amide bonds. The number of ether oxygens (including phenoxy) is 2. The standard InChI is InChI=1S/C18H19NO5/c1-3-12-9-23-15(12)10-24-18(22)13-4-6-14(7-5-13)19-16(20)8-11(2)17(19)21/h4-8,12,15H,3,9-10H2,1-2H3. The van der Waals surface area contributed by atoms with Gasteiger partial charge in [0.05, 0.1) is 24.0 Å². The van der Waals surface area contributed by atoms with Crippen LogP contribution >= 0.6 is 0 Å². The van der Waals surface area contributed by atoms with Gasteiger partial charge in [-0.3, -0.25) is 9.59 Å². The van der Waals surface area contributed by atoms with Crippen LogP contribution in [-0.4, -0.2) is 37.1 Å². The molecule has 0 N–H and O–H groups in total. The number of rotatable bonds is 5. The summed E-state index contributed by atoms with van der Waals surface area (Å²) in [6.45, 7) is 4.64. The van der Waals surface area contributed by atoms with Gasteiger partial charge in [-0.15, -0.1) is 0 Å². The van der Waals surface area contributed by atoms with Crippen LogP contribution in [0.15, 0.2) is 35.9 Å². The molecule has 0 saturated carbocycles. The molecule has 6 nitrogen and oxygen atoms in total. The number of imide groups is 1. The number of amides is 2. The Hall–Kier alpha value is -2.47. The van der Waals surface area contributed by atoms with Gasteiger partial charge in [0.1, 0.15) is 6.61 Å². The second-order valence-corrected chi connectivity index (χ2v) is 5.99. The summed E-state index contributed by atoms with van der Waals surface area (Å²) in [6, 6.07) is 6.22. The third-order valence-electron chi connectivity index (χ3n) is 4.42. The molecule has 2 aliphatic rings. The number of hydrogen-bond donors (Lipinski definition) is 0. The highest BCUT2D eigenvalue weighted by Gasteiger charge is 2.32. The van der Waals surface area contributed by atoms with Gasteiger partial charge in [-0.2, -0.15) is 0 Å². The summed E-state index contributed by atoms with van der Waals surface area (Å²) in [4.78, 5) is 36.9. The number of hydrogen-bond acceptors (Lipinski definition) is 5. The van der Waals surface area contributed by atoms with E-state index in [9.17, 15) is 14.4 Å². The highest BCUT2D eigenvalue weighted by Crippen LogP contribution is 2.25. The lowest BCUT2D eigenvalue weighted by molar-refractivity contribution is -0.137. The third-order valence-corrected chi connectivity index (χ3v) is 4.42. The van der Waals surface area contributed by atoms with Gasteiger partial charge < -0.3 is 9.47 Å². The molecule has 2 aliphatic heterocycles. The summed E-state index contributed by atoms with van der Waals surface area (Å²) in [5.74, 6) is -0.716. The zero-order chi connectivity index (χ0) is 17.3. The number of esters is 1. The van der Waals surface area contributed by atoms with Gasteiger partial charge in [0, 0.05) is 17.6 Å². The van der Waals surface area contributed by atoms with Crippen LogP contribution in [0.1, 0.15) is 30.6 Å².